The lowest BCUT2D eigenvalue weighted by Gasteiger charge is -2.23. The molecule has 0 unspecified atom stereocenters. The Labute approximate surface area is 148 Å². The van der Waals surface area contributed by atoms with Gasteiger partial charge in [0.05, 0.1) is 13.4 Å². The molecule has 0 N–H and O–H groups in total. The maximum Gasteiger partial charge on any atom is 0.123 e. The predicted molar refractivity (Wildman–Crippen MR) is 98.2 cm³/mol. The first-order chi connectivity index (χ1) is 12.3. The van der Waals surface area contributed by atoms with Crippen molar-refractivity contribution in [1.82, 2.24) is 19.4 Å². The molecule has 3 aromatic rings. The Balaban J connectivity index is 1.66. The molecule has 0 amide bonds. The lowest BCUT2D eigenvalue weighted by atomic mass is 10.1. The van der Waals surface area contributed by atoms with Gasteiger partial charge in [0, 0.05) is 56.5 Å². The fraction of sp³-hybridized carbons (Fsp3) is 0.300. The zero-order chi connectivity index (χ0) is 17.3. The first-order valence-electron chi connectivity index (χ1n) is 8.54. The molecule has 5 heteroatoms. The number of aromatic nitrogens is 3. The van der Waals surface area contributed by atoms with Crippen molar-refractivity contribution >= 4 is 0 Å². The van der Waals surface area contributed by atoms with Gasteiger partial charge in [0.1, 0.15) is 5.75 Å². The van der Waals surface area contributed by atoms with E-state index in [1.807, 2.05) is 49.3 Å². The van der Waals surface area contributed by atoms with Crippen LogP contribution in [0.1, 0.15) is 17.5 Å². The molecule has 0 saturated heterocycles. The van der Waals surface area contributed by atoms with Crippen molar-refractivity contribution in [2.24, 2.45) is 0 Å². The Morgan fingerprint density at radius 1 is 1.04 bits per heavy atom. The number of aryl methyl sites for hydroxylation is 1. The highest BCUT2D eigenvalue weighted by Crippen LogP contribution is 2.20. The molecule has 5 nitrogen and oxygen atoms in total. The lowest BCUT2D eigenvalue weighted by Crippen LogP contribution is -2.25. The number of hydrogen-bond acceptors (Lipinski definition) is 4. The third kappa shape index (κ3) is 5.16. The number of imidazole rings is 1. The number of pyridine rings is 1. The van der Waals surface area contributed by atoms with Crippen LogP contribution in [0.5, 0.6) is 5.75 Å². The van der Waals surface area contributed by atoms with Gasteiger partial charge < -0.3 is 9.30 Å². The molecule has 0 aliphatic heterocycles. The minimum absolute atomic E-state index is 0.850. The van der Waals surface area contributed by atoms with Gasteiger partial charge in [-0.25, -0.2) is 4.98 Å². The van der Waals surface area contributed by atoms with Crippen LogP contribution in [0.4, 0.5) is 0 Å². The van der Waals surface area contributed by atoms with Crippen molar-refractivity contribution < 1.29 is 4.74 Å². The molecule has 0 aliphatic carbocycles. The van der Waals surface area contributed by atoms with Crippen LogP contribution < -0.4 is 4.74 Å². The zero-order valence-corrected chi connectivity index (χ0v) is 14.6. The summed E-state index contributed by atoms with van der Waals surface area (Å²) in [6, 6.07) is 12.3. The second kappa shape index (κ2) is 8.99. The van der Waals surface area contributed by atoms with E-state index in [4.69, 9.17) is 4.74 Å². The fourth-order valence-corrected chi connectivity index (χ4v) is 2.93. The van der Waals surface area contributed by atoms with Gasteiger partial charge in [0.25, 0.3) is 0 Å². The summed E-state index contributed by atoms with van der Waals surface area (Å²) in [7, 11) is 1.73. The van der Waals surface area contributed by atoms with Crippen LogP contribution in [-0.2, 0) is 19.6 Å². The Morgan fingerprint density at radius 3 is 2.72 bits per heavy atom. The van der Waals surface area contributed by atoms with Gasteiger partial charge in [0.2, 0.25) is 0 Å². The average Bonchev–Trinajstić information content (AvgIpc) is 3.16. The van der Waals surface area contributed by atoms with Gasteiger partial charge in [-0.15, -0.1) is 0 Å². The Hall–Kier alpha value is -2.66. The van der Waals surface area contributed by atoms with Crippen molar-refractivity contribution in [1.29, 1.82) is 0 Å². The van der Waals surface area contributed by atoms with E-state index in [-0.39, 0.29) is 0 Å². The monoisotopic (exact) mass is 336 g/mol. The summed E-state index contributed by atoms with van der Waals surface area (Å²) in [4.78, 5) is 10.8. The molecule has 0 saturated carbocycles. The topological polar surface area (TPSA) is 43.2 Å². The van der Waals surface area contributed by atoms with Crippen molar-refractivity contribution in [3.8, 4) is 5.75 Å². The Morgan fingerprint density at radius 2 is 1.96 bits per heavy atom. The molecule has 2 heterocycles. The van der Waals surface area contributed by atoms with E-state index in [2.05, 4.69) is 37.6 Å². The molecule has 0 radical (unpaired) electrons. The van der Waals surface area contributed by atoms with Crippen molar-refractivity contribution in [2.45, 2.75) is 26.1 Å². The third-order valence-electron chi connectivity index (χ3n) is 4.17. The largest absolute Gasteiger partial charge is 0.496 e. The molecule has 0 spiro atoms. The van der Waals surface area contributed by atoms with E-state index in [0.29, 0.717) is 0 Å². The van der Waals surface area contributed by atoms with Crippen molar-refractivity contribution in [3.63, 3.8) is 0 Å². The fourth-order valence-electron chi connectivity index (χ4n) is 2.93. The molecule has 3 rings (SSSR count). The average molecular weight is 336 g/mol. The summed E-state index contributed by atoms with van der Waals surface area (Å²) in [5.74, 6) is 0.938. The maximum atomic E-state index is 5.51. The van der Waals surface area contributed by atoms with Gasteiger partial charge in [-0.05, 0) is 24.1 Å². The van der Waals surface area contributed by atoms with Crippen LogP contribution in [0.15, 0.2) is 67.5 Å². The number of benzene rings is 1. The van der Waals surface area contributed by atoms with E-state index >= 15 is 0 Å². The van der Waals surface area contributed by atoms with Crippen molar-refractivity contribution in [3.05, 3.63) is 78.6 Å². The van der Waals surface area contributed by atoms with Gasteiger partial charge in [-0.2, -0.15) is 0 Å². The summed E-state index contributed by atoms with van der Waals surface area (Å²) >= 11 is 0. The molecule has 130 valence electrons. The van der Waals surface area contributed by atoms with Crippen LogP contribution in [0, 0.1) is 0 Å². The molecule has 0 bridgehead atoms. The van der Waals surface area contributed by atoms with Crippen LogP contribution >= 0.6 is 0 Å². The first-order valence-corrected chi connectivity index (χ1v) is 8.54. The third-order valence-corrected chi connectivity index (χ3v) is 4.17. The second-order valence-electron chi connectivity index (χ2n) is 6.04. The number of methoxy groups -OCH3 is 1. The predicted octanol–water partition coefficient (Wildman–Crippen LogP) is 3.38. The van der Waals surface area contributed by atoms with E-state index in [1.54, 1.807) is 7.11 Å². The van der Waals surface area contributed by atoms with Gasteiger partial charge in [-0.1, -0.05) is 24.3 Å². The van der Waals surface area contributed by atoms with E-state index < -0.39 is 0 Å². The summed E-state index contributed by atoms with van der Waals surface area (Å²) < 4.78 is 7.62. The Kier molecular flexibility index (Phi) is 6.17. The Bertz CT molecular complexity index is 743. The molecule has 1 aromatic carbocycles. The standard InChI is InChI=1S/C20H24N4O/c1-25-20-8-3-2-7-19(20)16-24(15-18-6-4-9-21-14-18)12-5-11-23-13-10-22-17-23/h2-4,6-10,13-14,17H,5,11-12,15-16H2,1H3. The summed E-state index contributed by atoms with van der Waals surface area (Å²) in [6.07, 6.45) is 10.5. The number of nitrogens with zero attached hydrogens (tertiary/aromatic N) is 4. The molecule has 2 aromatic heterocycles. The zero-order valence-electron chi connectivity index (χ0n) is 14.6. The van der Waals surface area contributed by atoms with Crippen LogP contribution in [-0.4, -0.2) is 33.1 Å². The van der Waals surface area contributed by atoms with Crippen LogP contribution in [0.2, 0.25) is 0 Å². The highest BCUT2D eigenvalue weighted by atomic mass is 16.5. The molecule has 0 aliphatic rings. The molecular formula is C20H24N4O. The molecular weight excluding hydrogens is 312 g/mol. The smallest absolute Gasteiger partial charge is 0.123 e. The van der Waals surface area contributed by atoms with Gasteiger partial charge in [0.15, 0.2) is 0 Å². The van der Waals surface area contributed by atoms with E-state index in [9.17, 15) is 0 Å². The molecule has 25 heavy (non-hydrogen) atoms. The normalized spacial score (nSPS) is 11.0. The summed E-state index contributed by atoms with van der Waals surface area (Å²) in [5, 5.41) is 0. The molecule has 0 atom stereocenters. The molecule has 0 fully saturated rings. The highest BCUT2D eigenvalue weighted by molar-refractivity contribution is 5.33. The quantitative estimate of drug-likeness (QED) is 0.601. The minimum atomic E-state index is 0.850. The first kappa shape index (κ1) is 17.2. The highest BCUT2D eigenvalue weighted by Gasteiger charge is 2.10. The lowest BCUT2D eigenvalue weighted by molar-refractivity contribution is 0.244. The SMILES string of the molecule is COc1ccccc1CN(CCCn1ccnc1)Cc1cccnc1. The summed E-state index contributed by atoms with van der Waals surface area (Å²) in [5.41, 5.74) is 2.43. The van der Waals surface area contributed by atoms with E-state index in [1.165, 1.54) is 11.1 Å². The second-order valence-corrected chi connectivity index (χ2v) is 6.04. The van der Waals surface area contributed by atoms with E-state index in [0.717, 1.165) is 38.3 Å². The van der Waals surface area contributed by atoms with Crippen LogP contribution in [0.25, 0.3) is 0 Å². The maximum absolute atomic E-state index is 5.51. The number of hydrogen-bond donors (Lipinski definition) is 0. The van der Waals surface area contributed by atoms with Gasteiger partial charge >= 0.3 is 0 Å². The number of rotatable bonds is 9. The number of para-hydroxylation sites is 1. The minimum Gasteiger partial charge on any atom is -0.496 e. The van der Waals surface area contributed by atoms with Crippen molar-refractivity contribution in [2.75, 3.05) is 13.7 Å². The van der Waals surface area contributed by atoms with Crippen LogP contribution in [0.3, 0.4) is 0 Å². The number of ether oxygens (including phenoxy) is 1. The summed E-state index contributed by atoms with van der Waals surface area (Å²) in [6.45, 7) is 3.68. The van der Waals surface area contributed by atoms with Gasteiger partial charge in [-0.3, -0.25) is 9.88 Å².